The first-order valence-corrected chi connectivity index (χ1v) is 8.98. The molecular formula is C16H25N3OS. The number of likely N-dealkylation sites (tertiary alicyclic amines) is 1. The van der Waals surface area contributed by atoms with Crippen molar-refractivity contribution in [3.8, 4) is 0 Å². The molecule has 2 atom stereocenters. The Morgan fingerprint density at radius 2 is 2.14 bits per heavy atom. The van der Waals surface area contributed by atoms with Gasteiger partial charge in [0.2, 0.25) is 0 Å². The molecule has 1 saturated carbocycles. The van der Waals surface area contributed by atoms with Crippen molar-refractivity contribution >= 4 is 17.4 Å². The molecule has 2 amide bonds. The number of aromatic nitrogens is 1. The van der Waals surface area contributed by atoms with E-state index in [1.54, 1.807) is 11.3 Å². The van der Waals surface area contributed by atoms with Crippen molar-refractivity contribution in [3.63, 3.8) is 0 Å². The number of thiazole rings is 1. The predicted octanol–water partition coefficient (Wildman–Crippen LogP) is 3.25. The van der Waals surface area contributed by atoms with Crippen LogP contribution in [0, 0.1) is 11.8 Å². The highest BCUT2D eigenvalue weighted by Gasteiger charge is 2.37. The number of hydrogen-bond acceptors (Lipinski definition) is 3. The first-order valence-electron chi connectivity index (χ1n) is 8.10. The van der Waals surface area contributed by atoms with Crippen molar-refractivity contribution < 1.29 is 4.79 Å². The van der Waals surface area contributed by atoms with E-state index in [-0.39, 0.29) is 6.03 Å². The fourth-order valence-corrected chi connectivity index (χ4v) is 4.38. The lowest BCUT2D eigenvalue weighted by atomic mass is 10.0. The van der Waals surface area contributed by atoms with Gasteiger partial charge >= 0.3 is 6.03 Å². The molecule has 2 heterocycles. The Labute approximate surface area is 130 Å². The summed E-state index contributed by atoms with van der Waals surface area (Å²) in [5, 5.41) is 6.35. The zero-order valence-electron chi connectivity index (χ0n) is 13.0. The molecule has 1 aliphatic carbocycles. The lowest BCUT2D eigenvalue weighted by Gasteiger charge is -2.17. The Kier molecular flexibility index (Phi) is 4.48. The smallest absolute Gasteiger partial charge is 0.317 e. The van der Waals surface area contributed by atoms with E-state index >= 15 is 0 Å². The van der Waals surface area contributed by atoms with Crippen molar-refractivity contribution in [2.75, 3.05) is 19.6 Å². The summed E-state index contributed by atoms with van der Waals surface area (Å²) < 4.78 is 0. The highest BCUT2D eigenvalue weighted by atomic mass is 32.1. The van der Waals surface area contributed by atoms with Crippen molar-refractivity contribution in [3.05, 3.63) is 16.1 Å². The van der Waals surface area contributed by atoms with Crippen LogP contribution >= 0.6 is 11.3 Å². The van der Waals surface area contributed by atoms with Crippen LogP contribution in [0.4, 0.5) is 4.79 Å². The van der Waals surface area contributed by atoms with Gasteiger partial charge in [0.05, 0.1) is 10.7 Å². The second kappa shape index (κ2) is 6.34. The predicted molar refractivity (Wildman–Crippen MR) is 85.7 cm³/mol. The number of nitrogens with one attached hydrogen (secondary N) is 1. The minimum Gasteiger partial charge on any atom is -0.338 e. The van der Waals surface area contributed by atoms with Gasteiger partial charge in [-0.05, 0) is 24.7 Å². The Balaban J connectivity index is 1.41. The largest absolute Gasteiger partial charge is 0.338 e. The summed E-state index contributed by atoms with van der Waals surface area (Å²) >= 11 is 1.72. The van der Waals surface area contributed by atoms with Gasteiger partial charge in [-0.25, -0.2) is 9.78 Å². The second-order valence-electron chi connectivity index (χ2n) is 6.67. The molecule has 2 aliphatic rings. The van der Waals surface area contributed by atoms with E-state index in [0.29, 0.717) is 12.5 Å². The fourth-order valence-electron chi connectivity index (χ4n) is 3.51. The van der Waals surface area contributed by atoms with Crippen LogP contribution in [0.25, 0.3) is 0 Å². The van der Waals surface area contributed by atoms with Gasteiger partial charge in [-0.1, -0.05) is 20.3 Å². The molecule has 1 saturated heterocycles. The molecule has 0 unspecified atom stereocenters. The lowest BCUT2D eigenvalue weighted by Crippen LogP contribution is -2.39. The highest BCUT2D eigenvalue weighted by molar-refractivity contribution is 7.09. The van der Waals surface area contributed by atoms with E-state index in [9.17, 15) is 4.79 Å². The number of fused-ring (bicyclic) bond motifs is 1. The Hall–Kier alpha value is -1.10. The fraction of sp³-hybridized carbons (Fsp3) is 0.750. The highest BCUT2D eigenvalue weighted by Crippen LogP contribution is 2.37. The molecule has 5 heteroatoms. The topological polar surface area (TPSA) is 45.2 Å². The van der Waals surface area contributed by atoms with Crippen LogP contribution in [0.1, 0.15) is 49.7 Å². The van der Waals surface area contributed by atoms with Gasteiger partial charge in [0, 0.05) is 37.4 Å². The van der Waals surface area contributed by atoms with Crippen molar-refractivity contribution in [2.24, 2.45) is 11.8 Å². The third-order valence-corrected chi connectivity index (χ3v) is 5.93. The van der Waals surface area contributed by atoms with Crippen LogP contribution in [-0.2, 0) is 6.42 Å². The standard InChI is InChI=1S/C16H25N3OS/c1-11(2)15-18-14(10-21-15)6-7-17-16(20)19-8-12-4-3-5-13(12)9-19/h10-13H,3-9H2,1-2H3,(H,17,20)/t12-,13-/m0/s1. The molecule has 2 fully saturated rings. The second-order valence-corrected chi connectivity index (χ2v) is 7.56. The normalized spacial score (nSPS) is 24.6. The number of carbonyl (C=O) groups excluding carboxylic acids is 1. The summed E-state index contributed by atoms with van der Waals surface area (Å²) in [4.78, 5) is 18.8. The zero-order valence-corrected chi connectivity index (χ0v) is 13.8. The van der Waals surface area contributed by atoms with Crippen LogP contribution < -0.4 is 5.32 Å². The summed E-state index contributed by atoms with van der Waals surface area (Å²) in [6.07, 6.45) is 4.80. The van der Waals surface area contributed by atoms with Crippen molar-refractivity contribution in [1.82, 2.24) is 15.2 Å². The molecule has 0 aromatic carbocycles. The molecule has 21 heavy (non-hydrogen) atoms. The third-order valence-electron chi connectivity index (χ3n) is 4.73. The molecule has 1 aromatic rings. The van der Waals surface area contributed by atoms with Gasteiger partial charge in [0.15, 0.2) is 0 Å². The van der Waals surface area contributed by atoms with Crippen molar-refractivity contribution in [1.29, 1.82) is 0 Å². The van der Waals surface area contributed by atoms with Gasteiger partial charge in [-0.2, -0.15) is 0 Å². The molecule has 0 bridgehead atoms. The summed E-state index contributed by atoms with van der Waals surface area (Å²) in [5.74, 6) is 2.02. The van der Waals surface area contributed by atoms with Crippen LogP contribution in [-0.4, -0.2) is 35.5 Å². The maximum absolute atomic E-state index is 12.2. The number of rotatable bonds is 4. The van der Waals surface area contributed by atoms with Crippen LogP contribution in [0.5, 0.6) is 0 Å². The summed E-state index contributed by atoms with van der Waals surface area (Å²) in [6, 6.07) is 0.115. The molecule has 1 aliphatic heterocycles. The SMILES string of the molecule is CC(C)c1nc(CCNC(=O)N2C[C@@H]3CCC[C@H]3C2)cs1. The molecule has 1 N–H and O–H groups in total. The van der Waals surface area contributed by atoms with E-state index < -0.39 is 0 Å². The maximum atomic E-state index is 12.2. The Bertz CT molecular complexity index is 487. The quantitative estimate of drug-likeness (QED) is 0.928. The first-order chi connectivity index (χ1) is 10.1. The molecule has 1 aromatic heterocycles. The summed E-state index contributed by atoms with van der Waals surface area (Å²) in [6.45, 7) is 6.94. The van der Waals surface area contributed by atoms with Gasteiger partial charge in [0.25, 0.3) is 0 Å². The number of hydrogen-bond donors (Lipinski definition) is 1. The Morgan fingerprint density at radius 3 is 2.76 bits per heavy atom. The number of carbonyl (C=O) groups is 1. The maximum Gasteiger partial charge on any atom is 0.317 e. The Morgan fingerprint density at radius 1 is 1.43 bits per heavy atom. The van der Waals surface area contributed by atoms with E-state index in [1.165, 1.54) is 24.3 Å². The number of amides is 2. The van der Waals surface area contributed by atoms with Crippen LogP contribution in [0.15, 0.2) is 5.38 Å². The number of nitrogens with zero attached hydrogens (tertiary/aromatic N) is 2. The molecule has 3 rings (SSSR count). The molecular weight excluding hydrogens is 282 g/mol. The van der Waals surface area contributed by atoms with Crippen LogP contribution in [0.3, 0.4) is 0 Å². The van der Waals surface area contributed by atoms with E-state index in [2.05, 4.69) is 29.5 Å². The number of urea groups is 1. The van der Waals surface area contributed by atoms with E-state index in [4.69, 9.17) is 0 Å². The third kappa shape index (κ3) is 3.39. The van der Waals surface area contributed by atoms with Crippen LogP contribution in [0.2, 0.25) is 0 Å². The summed E-state index contributed by atoms with van der Waals surface area (Å²) in [7, 11) is 0. The minimum atomic E-state index is 0.115. The average Bonchev–Trinajstić information content (AvgIpc) is 3.13. The molecule has 0 spiro atoms. The first kappa shape index (κ1) is 14.8. The molecule has 0 radical (unpaired) electrons. The van der Waals surface area contributed by atoms with Gasteiger partial charge in [-0.15, -0.1) is 11.3 Å². The minimum absolute atomic E-state index is 0.115. The lowest BCUT2D eigenvalue weighted by molar-refractivity contribution is 0.205. The molecule has 116 valence electrons. The van der Waals surface area contributed by atoms with Gasteiger partial charge in [-0.3, -0.25) is 0 Å². The van der Waals surface area contributed by atoms with Gasteiger partial charge < -0.3 is 10.2 Å². The molecule has 4 nitrogen and oxygen atoms in total. The van der Waals surface area contributed by atoms with Crippen molar-refractivity contribution in [2.45, 2.75) is 45.4 Å². The van der Waals surface area contributed by atoms with E-state index in [0.717, 1.165) is 37.0 Å². The average molecular weight is 307 g/mol. The monoisotopic (exact) mass is 307 g/mol. The zero-order chi connectivity index (χ0) is 14.8. The van der Waals surface area contributed by atoms with Gasteiger partial charge in [0.1, 0.15) is 0 Å². The van der Waals surface area contributed by atoms with E-state index in [1.807, 2.05) is 4.90 Å². The summed E-state index contributed by atoms with van der Waals surface area (Å²) in [5.41, 5.74) is 1.10.